The van der Waals surface area contributed by atoms with E-state index in [2.05, 4.69) is 37.9 Å². The van der Waals surface area contributed by atoms with Crippen LogP contribution < -0.4 is 4.74 Å². The van der Waals surface area contributed by atoms with Gasteiger partial charge in [0.25, 0.3) is 0 Å². The minimum Gasteiger partial charge on any atom is -0.439 e. The minimum atomic E-state index is 0.309. The van der Waals surface area contributed by atoms with Crippen molar-refractivity contribution in [2.75, 3.05) is 0 Å². The third-order valence-corrected chi connectivity index (χ3v) is 2.52. The zero-order chi connectivity index (χ0) is 13.0. The SMILES string of the molecule is CC(C)(C)Cc1ccc(Oc2ccccn2)cc1. The maximum absolute atomic E-state index is 5.65. The van der Waals surface area contributed by atoms with Crippen LogP contribution in [0.2, 0.25) is 0 Å². The lowest BCUT2D eigenvalue weighted by molar-refractivity contribution is 0.410. The van der Waals surface area contributed by atoms with Crippen LogP contribution >= 0.6 is 0 Å². The largest absolute Gasteiger partial charge is 0.439 e. The molecule has 94 valence electrons. The van der Waals surface area contributed by atoms with Crippen LogP contribution in [0.4, 0.5) is 0 Å². The Morgan fingerprint density at radius 2 is 1.72 bits per heavy atom. The molecule has 2 aromatic rings. The van der Waals surface area contributed by atoms with Crippen LogP contribution in [0.15, 0.2) is 48.7 Å². The van der Waals surface area contributed by atoms with Crippen molar-refractivity contribution in [1.82, 2.24) is 4.98 Å². The Morgan fingerprint density at radius 3 is 2.28 bits per heavy atom. The van der Waals surface area contributed by atoms with Crippen LogP contribution in [0, 0.1) is 5.41 Å². The lowest BCUT2D eigenvalue weighted by Crippen LogP contribution is -2.08. The number of nitrogens with zero attached hydrogens (tertiary/aromatic N) is 1. The fourth-order valence-corrected chi connectivity index (χ4v) is 1.82. The predicted molar refractivity (Wildman–Crippen MR) is 73.9 cm³/mol. The van der Waals surface area contributed by atoms with Gasteiger partial charge in [-0.2, -0.15) is 0 Å². The molecule has 2 nitrogen and oxygen atoms in total. The van der Waals surface area contributed by atoms with E-state index in [9.17, 15) is 0 Å². The average Bonchev–Trinajstić information content (AvgIpc) is 2.31. The molecule has 1 heterocycles. The topological polar surface area (TPSA) is 22.1 Å². The Hall–Kier alpha value is -1.83. The van der Waals surface area contributed by atoms with E-state index in [4.69, 9.17) is 4.74 Å². The van der Waals surface area contributed by atoms with Gasteiger partial charge < -0.3 is 4.74 Å². The molecule has 0 spiro atoms. The van der Waals surface area contributed by atoms with Gasteiger partial charge in [-0.25, -0.2) is 4.98 Å². The number of ether oxygens (including phenoxy) is 1. The van der Waals surface area contributed by atoms with Crippen molar-refractivity contribution in [3.05, 3.63) is 54.2 Å². The molecule has 0 aliphatic rings. The molecule has 0 atom stereocenters. The van der Waals surface area contributed by atoms with Crippen LogP contribution in [-0.4, -0.2) is 4.98 Å². The first-order valence-corrected chi connectivity index (χ1v) is 6.21. The standard InChI is InChI=1S/C16H19NO/c1-16(2,3)12-13-7-9-14(10-8-13)18-15-6-4-5-11-17-15/h4-11H,12H2,1-3H3. The van der Waals surface area contributed by atoms with Gasteiger partial charge in [0.1, 0.15) is 5.75 Å². The Labute approximate surface area is 109 Å². The van der Waals surface area contributed by atoms with E-state index in [-0.39, 0.29) is 0 Å². The Bertz CT molecular complexity index is 483. The van der Waals surface area contributed by atoms with Gasteiger partial charge in [-0.3, -0.25) is 0 Å². The molecule has 18 heavy (non-hydrogen) atoms. The van der Waals surface area contributed by atoms with Gasteiger partial charge in [0, 0.05) is 12.3 Å². The van der Waals surface area contributed by atoms with E-state index in [1.165, 1.54) is 5.56 Å². The van der Waals surface area contributed by atoms with Crippen molar-refractivity contribution in [3.8, 4) is 11.6 Å². The van der Waals surface area contributed by atoms with Crippen molar-refractivity contribution in [3.63, 3.8) is 0 Å². The molecule has 0 unspecified atom stereocenters. The Kier molecular flexibility index (Phi) is 3.66. The highest BCUT2D eigenvalue weighted by Crippen LogP contribution is 2.24. The molecule has 2 rings (SSSR count). The molecule has 0 fully saturated rings. The average molecular weight is 241 g/mol. The van der Waals surface area contributed by atoms with Crippen molar-refractivity contribution in [2.24, 2.45) is 5.41 Å². The molecular weight excluding hydrogens is 222 g/mol. The Balaban J connectivity index is 2.04. The highest BCUT2D eigenvalue weighted by Gasteiger charge is 2.11. The van der Waals surface area contributed by atoms with Crippen LogP contribution in [0.3, 0.4) is 0 Å². The smallest absolute Gasteiger partial charge is 0.219 e. The molecular formula is C16H19NO. The van der Waals surface area contributed by atoms with E-state index in [1.54, 1.807) is 6.20 Å². The molecule has 0 saturated heterocycles. The molecule has 0 N–H and O–H groups in total. The maximum Gasteiger partial charge on any atom is 0.219 e. The molecule has 1 aromatic heterocycles. The summed E-state index contributed by atoms with van der Waals surface area (Å²) in [7, 11) is 0. The van der Waals surface area contributed by atoms with Gasteiger partial charge in [-0.1, -0.05) is 39.0 Å². The molecule has 1 aromatic carbocycles. The molecule has 0 radical (unpaired) electrons. The summed E-state index contributed by atoms with van der Waals surface area (Å²) in [6.07, 6.45) is 2.79. The van der Waals surface area contributed by atoms with E-state index in [0.717, 1.165) is 12.2 Å². The van der Waals surface area contributed by atoms with Crippen molar-refractivity contribution >= 4 is 0 Å². The monoisotopic (exact) mass is 241 g/mol. The van der Waals surface area contributed by atoms with Gasteiger partial charge in [0.15, 0.2) is 0 Å². The summed E-state index contributed by atoms with van der Waals surface area (Å²) in [5.74, 6) is 1.45. The quantitative estimate of drug-likeness (QED) is 0.791. The third kappa shape index (κ3) is 3.88. The second-order valence-electron chi connectivity index (χ2n) is 5.65. The van der Waals surface area contributed by atoms with E-state index in [0.29, 0.717) is 11.3 Å². The maximum atomic E-state index is 5.65. The number of pyridine rings is 1. The lowest BCUT2D eigenvalue weighted by atomic mass is 9.88. The highest BCUT2D eigenvalue weighted by molar-refractivity contribution is 5.30. The molecule has 2 heteroatoms. The summed E-state index contributed by atoms with van der Waals surface area (Å²) < 4.78 is 5.65. The number of benzene rings is 1. The number of hydrogen-bond acceptors (Lipinski definition) is 2. The normalized spacial score (nSPS) is 11.3. The van der Waals surface area contributed by atoms with Gasteiger partial charge in [0.2, 0.25) is 5.88 Å². The van der Waals surface area contributed by atoms with E-state index < -0.39 is 0 Å². The number of aromatic nitrogens is 1. The summed E-state index contributed by atoms with van der Waals surface area (Å²) in [5.41, 5.74) is 1.64. The van der Waals surface area contributed by atoms with Crippen molar-refractivity contribution in [1.29, 1.82) is 0 Å². The first-order valence-electron chi connectivity index (χ1n) is 6.21. The van der Waals surface area contributed by atoms with Crippen LogP contribution in [-0.2, 0) is 6.42 Å². The van der Waals surface area contributed by atoms with Crippen molar-refractivity contribution in [2.45, 2.75) is 27.2 Å². The van der Waals surface area contributed by atoms with E-state index in [1.807, 2.05) is 30.3 Å². The first-order chi connectivity index (χ1) is 8.53. The molecule has 0 saturated carbocycles. The minimum absolute atomic E-state index is 0.309. The zero-order valence-corrected chi connectivity index (χ0v) is 11.2. The van der Waals surface area contributed by atoms with Crippen LogP contribution in [0.5, 0.6) is 11.6 Å². The summed E-state index contributed by atoms with van der Waals surface area (Å²) in [5, 5.41) is 0. The molecule has 0 aliphatic heterocycles. The molecule has 0 bridgehead atoms. The van der Waals surface area contributed by atoms with Gasteiger partial charge in [-0.05, 0) is 35.6 Å². The number of hydrogen-bond donors (Lipinski definition) is 0. The van der Waals surface area contributed by atoms with Gasteiger partial charge in [0.05, 0.1) is 0 Å². The summed E-state index contributed by atoms with van der Waals surface area (Å²) in [6.45, 7) is 6.72. The predicted octanol–water partition coefficient (Wildman–Crippen LogP) is 4.46. The third-order valence-electron chi connectivity index (χ3n) is 2.52. The molecule has 0 amide bonds. The second-order valence-corrected chi connectivity index (χ2v) is 5.65. The first kappa shape index (κ1) is 12.6. The van der Waals surface area contributed by atoms with Gasteiger partial charge in [-0.15, -0.1) is 0 Å². The Morgan fingerprint density at radius 1 is 1.00 bits per heavy atom. The summed E-state index contributed by atoms with van der Waals surface area (Å²) in [4.78, 5) is 4.13. The lowest BCUT2D eigenvalue weighted by Gasteiger charge is -2.18. The second kappa shape index (κ2) is 5.21. The highest BCUT2D eigenvalue weighted by atomic mass is 16.5. The fourth-order valence-electron chi connectivity index (χ4n) is 1.82. The number of rotatable bonds is 3. The summed E-state index contributed by atoms with van der Waals surface area (Å²) in [6, 6.07) is 13.9. The molecule has 0 aliphatic carbocycles. The summed E-state index contributed by atoms with van der Waals surface area (Å²) >= 11 is 0. The van der Waals surface area contributed by atoms with E-state index >= 15 is 0 Å². The van der Waals surface area contributed by atoms with Crippen LogP contribution in [0.1, 0.15) is 26.3 Å². The van der Waals surface area contributed by atoms with Gasteiger partial charge >= 0.3 is 0 Å². The fraction of sp³-hybridized carbons (Fsp3) is 0.312. The van der Waals surface area contributed by atoms with Crippen molar-refractivity contribution < 1.29 is 4.74 Å². The van der Waals surface area contributed by atoms with Crippen LogP contribution in [0.25, 0.3) is 0 Å². The zero-order valence-electron chi connectivity index (χ0n) is 11.2.